The number of ketones is 1. The van der Waals surface area contributed by atoms with Gasteiger partial charge in [-0.15, -0.1) is 0 Å². The fraction of sp³-hybridized carbons (Fsp3) is 0.692. The van der Waals surface area contributed by atoms with Crippen molar-refractivity contribution in [3.05, 3.63) is 17.5 Å². The summed E-state index contributed by atoms with van der Waals surface area (Å²) in [6, 6.07) is 2.00. The van der Waals surface area contributed by atoms with Crippen molar-refractivity contribution < 1.29 is 4.79 Å². The molecule has 0 amide bonds. The zero-order valence-electron chi connectivity index (χ0n) is 10.9. The van der Waals surface area contributed by atoms with Crippen LogP contribution in [-0.4, -0.2) is 22.1 Å². The molecule has 17 heavy (non-hydrogen) atoms. The molecule has 0 radical (unpaired) electrons. The van der Waals surface area contributed by atoms with Crippen molar-refractivity contribution in [1.82, 2.24) is 9.78 Å². The summed E-state index contributed by atoms with van der Waals surface area (Å²) in [5.74, 6) is 0.302. The van der Waals surface area contributed by atoms with Gasteiger partial charge in [0.05, 0.1) is 5.69 Å². The molecular formula is C13H23N3O. The number of rotatable bonds is 8. The van der Waals surface area contributed by atoms with E-state index in [1.54, 1.807) is 0 Å². The number of Topliss-reactive ketones (excluding diaryl/α,β-unsaturated/α-hetero) is 1. The minimum atomic E-state index is 0.302. The summed E-state index contributed by atoms with van der Waals surface area (Å²) in [7, 11) is 0. The molecule has 0 aliphatic carbocycles. The number of nitrogens with zero attached hydrogens (tertiary/aromatic N) is 2. The third-order valence-corrected chi connectivity index (χ3v) is 2.82. The summed E-state index contributed by atoms with van der Waals surface area (Å²) in [6.07, 6.45) is 4.19. The first-order valence-corrected chi connectivity index (χ1v) is 6.42. The van der Waals surface area contributed by atoms with Crippen LogP contribution in [0.1, 0.15) is 44.0 Å². The van der Waals surface area contributed by atoms with Crippen molar-refractivity contribution >= 4 is 5.78 Å². The van der Waals surface area contributed by atoms with E-state index in [1.165, 1.54) is 0 Å². The second-order valence-corrected chi connectivity index (χ2v) is 4.41. The number of carbonyl (C=O) groups excluding carboxylic acids is 1. The zero-order chi connectivity index (χ0) is 12.7. The molecule has 0 saturated heterocycles. The maximum Gasteiger partial charge on any atom is 0.138 e. The first-order valence-electron chi connectivity index (χ1n) is 6.42. The van der Waals surface area contributed by atoms with Gasteiger partial charge in [-0.3, -0.25) is 9.48 Å². The Balaban J connectivity index is 2.39. The van der Waals surface area contributed by atoms with E-state index < -0.39 is 0 Å². The van der Waals surface area contributed by atoms with E-state index in [0.29, 0.717) is 18.6 Å². The Hall–Kier alpha value is -1.16. The van der Waals surface area contributed by atoms with Gasteiger partial charge in [-0.1, -0.05) is 6.42 Å². The number of nitrogens with two attached hydrogens (primary N) is 1. The van der Waals surface area contributed by atoms with Crippen molar-refractivity contribution in [2.75, 3.05) is 6.54 Å². The average molecular weight is 237 g/mol. The molecule has 1 heterocycles. The number of carbonyl (C=O) groups is 1. The van der Waals surface area contributed by atoms with Crippen LogP contribution in [-0.2, 0) is 17.8 Å². The van der Waals surface area contributed by atoms with E-state index in [1.807, 2.05) is 24.6 Å². The molecule has 0 unspecified atom stereocenters. The van der Waals surface area contributed by atoms with Crippen LogP contribution < -0.4 is 5.73 Å². The number of aromatic nitrogens is 2. The topological polar surface area (TPSA) is 60.9 Å². The lowest BCUT2D eigenvalue weighted by Gasteiger charge is -2.04. The summed E-state index contributed by atoms with van der Waals surface area (Å²) in [5.41, 5.74) is 7.43. The van der Waals surface area contributed by atoms with Crippen LogP contribution in [0.3, 0.4) is 0 Å². The summed E-state index contributed by atoms with van der Waals surface area (Å²) in [6.45, 7) is 5.54. The normalized spacial score (nSPS) is 10.8. The van der Waals surface area contributed by atoms with Crippen LogP contribution in [0, 0.1) is 6.92 Å². The molecule has 4 heteroatoms. The molecule has 0 saturated carbocycles. The van der Waals surface area contributed by atoms with Gasteiger partial charge in [0.25, 0.3) is 0 Å². The van der Waals surface area contributed by atoms with E-state index in [4.69, 9.17) is 5.73 Å². The van der Waals surface area contributed by atoms with E-state index in [0.717, 1.165) is 43.7 Å². The summed E-state index contributed by atoms with van der Waals surface area (Å²) < 4.78 is 1.91. The Morgan fingerprint density at radius 3 is 2.82 bits per heavy atom. The molecule has 2 N–H and O–H groups in total. The summed E-state index contributed by atoms with van der Waals surface area (Å²) in [4.78, 5) is 11.8. The average Bonchev–Trinajstić information content (AvgIpc) is 2.65. The molecule has 0 atom stereocenters. The SMILES string of the molecule is CCn1nc(C)cc1CC(=O)CCCCCN. The van der Waals surface area contributed by atoms with E-state index in [9.17, 15) is 4.79 Å². The van der Waals surface area contributed by atoms with Gasteiger partial charge < -0.3 is 5.73 Å². The van der Waals surface area contributed by atoms with E-state index in [2.05, 4.69) is 5.10 Å². The number of hydrogen-bond donors (Lipinski definition) is 1. The minimum absolute atomic E-state index is 0.302. The van der Waals surface area contributed by atoms with Crippen LogP contribution in [0.5, 0.6) is 0 Å². The van der Waals surface area contributed by atoms with Gasteiger partial charge in [0.15, 0.2) is 0 Å². The fourth-order valence-corrected chi connectivity index (χ4v) is 1.95. The highest BCUT2D eigenvalue weighted by Crippen LogP contribution is 2.08. The molecular weight excluding hydrogens is 214 g/mol. The summed E-state index contributed by atoms with van der Waals surface area (Å²) in [5, 5.41) is 4.34. The van der Waals surface area contributed by atoms with Gasteiger partial charge in [0, 0.05) is 25.1 Å². The second-order valence-electron chi connectivity index (χ2n) is 4.41. The molecule has 0 bridgehead atoms. The predicted octanol–water partition coefficient (Wildman–Crippen LogP) is 1.84. The van der Waals surface area contributed by atoms with Gasteiger partial charge in [0.1, 0.15) is 5.78 Å². The van der Waals surface area contributed by atoms with Crippen LogP contribution >= 0.6 is 0 Å². The van der Waals surface area contributed by atoms with Gasteiger partial charge in [0.2, 0.25) is 0 Å². The molecule has 1 aromatic heterocycles. The highest BCUT2D eigenvalue weighted by atomic mass is 16.1. The standard InChI is InChI=1S/C13H23N3O/c1-3-16-12(9-11(2)15-16)10-13(17)7-5-4-6-8-14/h9H,3-8,10,14H2,1-2H3. The quantitative estimate of drug-likeness (QED) is 0.702. The number of unbranched alkanes of at least 4 members (excludes halogenated alkanes) is 2. The number of hydrogen-bond acceptors (Lipinski definition) is 3. The second kappa shape index (κ2) is 7.22. The lowest BCUT2D eigenvalue weighted by Crippen LogP contribution is -2.09. The molecule has 0 spiro atoms. The Labute approximate surface area is 103 Å². The highest BCUT2D eigenvalue weighted by Gasteiger charge is 2.09. The van der Waals surface area contributed by atoms with Crippen LogP contribution in [0.25, 0.3) is 0 Å². The smallest absolute Gasteiger partial charge is 0.138 e. The zero-order valence-corrected chi connectivity index (χ0v) is 10.9. The van der Waals surface area contributed by atoms with Gasteiger partial charge >= 0.3 is 0 Å². The van der Waals surface area contributed by atoms with E-state index in [-0.39, 0.29) is 0 Å². The maximum absolute atomic E-state index is 11.8. The van der Waals surface area contributed by atoms with Crippen molar-refractivity contribution in [3.63, 3.8) is 0 Å². The Bertz CT molecular complexity index is 358. The molecule has 0 aliphatic rings. The number of aryl methyl sites for hydroxylation is 2. The van der Waals surface area contributed by atoms with E-state index >= 15 is 0 Å². The molecule has 1 rings (SSSR count). The largest absolute Gasteiger partial charge is 0.330 e. The third kappa shape index (κ3) is 4.69. The Morgan fingerprint density at radius 1 is 1.41 bits per heavy atom. The van der Waals surface area contributed by atoms with Crippen LogP contribution in [0.4, 0.5) is 0 Å². The summed E-state index contributed by atoms with van der Waals surface area (Å²) >= 11 is 0. The van der Waals surface area contributed by atoms with Crippen molar-refractivity contribution in [3.8, 4) is 0 Å². The first kappa shape index (κ1) is 13.9. The minimum Gasteiger partial charge on any atom is -0.330 e. The molecule has 1 aromatic rings. The molecule has 0 aliphatic heterocycles. The maximum atomic E-state index is 11.8. The van der Waals surface area contributed by atoms with Gasteiger partial charge in [-0.2, -0.15) is 5.10 Å². The molecule has 4 nitrogen and oxygen atoms in total. The molecule has 0 aromatic carbocycles. The van der Waals surface area contributed by atoms with Gasteiger partial charge in [-0.25, -0.2) is 0 Å². The van der Waals surface area contributed by atoms with Crippen molar-refractivity contribution in [2.45, 2.75) is 52.5 Å². The lowest BCUT2D eigenvalue weighted by molar-refractivity contribution is -0.118. The van der Waals surface area contributed by atoms with Crippen molar-refractivity contribution in [1.29, 1.82) is 0 Å². The first-order chi connectivity index (χ1) is 8.17. The Morgan fingerprint density at radius 2 is 2.18 bits per heavy atom. The van der Waals surface area contributed by atoms with Gasteiger partial charge in [-0.05, 0) is 39.3 Å². The predicted molar refractivity (Wildman–Crippen MR) is 68.9 cm³/mol. The van der Waals surface area contributed by atoms with Crippen LogP contribution in [0.2, 0.25) is 0 Å². The molecule has 96 valence electrons. The fourth-order valence-electron chi connectivity index (χ4n) is 1.95. The van der Waals surface area contributed by atoms with Crippen molar-refractivity contribution in [2.24, 2.45) is 5.73 Å². The van der Waals surface area contributed by atoms with Crippen LogP contribution in [0.15, 0.2) is 6.07 Å². The monoisotopic (exact) mass is 237 g/mol. The third-order valence-electron chi connectivity index (χ3n) is 2.82. The highest BCUT2D eigenvalue weighted by molar-refractivity contribution is 5.80. The Kier molecular flexibility index (Phi) is 5.91. The lowest BCUT2D eigenvalue weighted by atomic mass is 10.1. The molecule has 0 fully saturated rings.